The molecule has 4 rings (SSSR count). The number of nitrogens with zero attached hydrogens (tertiary/aromatic N) is 2. The molecule has 0 bridgehead atoms. The standard InChI is InChI=1S/C18H23N3/c1-12-6-8-13(9-7-12)16-17(19)21(15-10-11-15)18(20-16)14-4-2-3-5-14/h6-9,14-15H,2-5,10-11,19H2,1H3. The molecule has 2 saturated carbocycles. The van der Waals surface area contributed by atoms with Gasteiger partial charge < -0.3 is 10.3 Å². The normalized spacial score (nSPS) is 19.3. The van der Waals surface area contributed by atoms with Crippen molar-refractivity contribution in [3.8, 4) is 11.3 Å². The summed E-state index contributed by atoms with van der Waals surface area (Å²) in [4.78, 5) is 4.99. The Balaban J connectivity index is 1.80. The fourth-order valence-corrected chi connectivity index (χ4v) is 3.58. The fourth-order valence-electron chi connectivity index (χ4n) is 3.58. The Morgan fingerprint density at radius 1 is 1.05 bits per heavy atom. The number of rotatable bonds is 3. The van der Waals surface area contributed by atoms with E-state index in [0.717, 1.165) is 17.1 Å². The minimum atomic E-state index is 0.604. The van der Waals surface area contributed by atoms with Crippen LogP contribution in [0.15, 0.2) is 24.3 Å². The Hall–Kier alpha value is -1.77. The second kappa shape index (κ2) is 4.90. The third-order valence-electron chi connectivity index (χ3n) is 4.93. The molecule has 0 radical (unpaired) electrons. The highest BCUT2D eigenvalue weighted by molar-refractivity contribution is 5.71. The maximum Gasteiger partial charge on any atom is 0.132 e. The molecule has 2 aromatic rings. The van der Waals surface area contributed by atoms with Gasteiger partial charge in [-0.05, 0) is 32.6 Å². The van der Waals surface area contributed by atoms with Crippen molar-refractivity contribution < 1.29 is 0 Å². The van der Waals surface area contributed by atoms with E-state index in [2.05, 4.69) is 35.8 Å². The summed E-state index contributed by atoms with van der Waals surface area (Å²) in [5, 5.41) is 0. The lowest BCUT2D eigenvalue weighted by Crippen LogP contribution is -2.08. The van der Waals surface area contributed by atoms with Crippen molar-refractivity contribution in [2.75, 3.05) is 5.73 Å². The van der Waals surface area contributed by atoms with Crippen LogP contribution in [0, 0.1) is 6.92 Å². The molecule has 2 N–H and O–H groups in total. The molecule has 0 unspecified atom stereocenters. The first-order valence-electron chi connectivity index (χ1n) is 8.18. The summed E-state index contributed by atoms with van der Waals surface area (Å²) in [6.45, 7) is 2.11. The van der Waals surface area contributed by atoms with Crippen molar-refractivity contribution in [2.45, 2.75) is 57.4 Å². The molecule has 2 aliphatic carbocycles. The van der Waals surface area contributed by atoms with Gasteiger partial charge in [-0.15, -0.1) is 0 Å². The van der Waals surface area contributed by atoms with Crippen LogP contribution in [0.5, 0.6) is 0 Å². The molecule has 2 fully saturated rings. The van der Waals surface area contributed by atoms with Gasteiger partial charge in [0.15, 0.2) is 0 Å². The molecule has 0 amide bonds. The zero-order valence-electron chi connectivity index (χ0n) is 12.7. The second-order valence-electron chi connectivity index (χ2n) is 6.65. The highest BCUT2D eigenvalue weighted by atomic mass is 15.2. The summed E-state index contributed by atoms with van der Waals surface area (Å²) in [6.07, 6.45) is 7.73. The highest BCUT2D eigenvalue weighted by Gasteiger charge is 2.33. The first kappa shape index (κ1) is 12.9. The smallest absolute Gasteiger partial charge is 0.132 e. The molecule has 3 nitrogen and oxygen atoms in total. The lowest BCUT2D eigenvalue weighted by molar-refractivity contribution is 0.596. The molecule has 21 heavy (non-hydrogen) atoms. The van der Waals surface area contributed by atoms with Crippen LogP contribution in [0.4, 0.5) is 5.82 Å². The number of benzene rings is 1. The minimum absolute atomic E-state index is 0.604. The van der Waals surface area contributed by atoms with Crippen LogP contribution in [0.1, 0.15) is 61.9 Å². The topological polar surface area (TPSA) is 43.8 Å². The van der Waals surface area contributed by atoms with Crippen LogP contribution in [-0.4, -0.2) is 9.55 Å². The molecule has 3 heteroatoms. The second-order valence-corrected chi connectivity index (χ2v) is 6.65. The average Bonchev–Trinajstić information content (AvgIpc) is 3.05. The van der Waals surface area contributed by atoms with Crippen LogP contribution in [0.25, 0.3) is 11.3 Å². The first-order valence-corrected chi connectivity index (χ1v) is 8.18. The van der Waals surface area contributed by atoms with Crippen LogP contribution in [0.2, 0.25) is 0 Å². The van der Waals surface area contributed by atoms with E-state index in [-0.39, 0.29) is 0 Å². The van der Waals surface area contributed by atoms with Gasteiger partial charge in [-0.25, -0.2) is 4.98 Å². The maximum absolute atomic E-state index is 6.48. The number of hydrogen-bond acceptors (Lipinski definition) is 2. The molecule has 0 aliphatic heterocycles. The predicted octanol–water partition coefficient (Wildman–Crippen LogP) is 4.43. The van der Waals surface area contributed by atoms with Crippen LogP contribution in [0.3, 0.4) is 0 Å². The number of anilines is 1. The number of aromatic nitrogens is 2. The van der Waals surface area contributed by atoms with Crippen molar-refractivity contribution in [3.05, 3.63) is 35.7 Å². The van der Waals surface area contributed by atoms with Crippen LogP contribution >= 0.6 is 0 Å². The molecule has 0 atom stereocenters. The molecule has 1 aromatic heterocycles. The van der Waals surface area contributed by atoms with Crippen molar-refractivity contribution >= 4 is 5.82 Å². The van der Waals surface area contributed by atoms with Gasteiger partial charge in [0.25, 0.3) is 0 Å². The van der Waals surface area contributed by atoms with Gasteiger partial charge in [0.2, 0.25) is 0 Å². The zero-order chi connectivity index (χ0) is 14.4. The Labute approximate surface area is 126 Å². The quantitative estimate of drug-likeness (QED) is 0.904. The molecule has 110 valence electrons. The maximum atomic E-state index is 6.48. The predicted molar refractivity (Wildman–Crippen MR) is 86.3 cm³/mol. The van der Waals surface area contributed by atoms with Crippen LogP contribution in [-0.2, 0) is 0 Å². The van der Waals surface area contributed by atoms with Gasteiger partial charge in [-0.2, -0.15) is 0 Å². The van der Waals surface area contributed by atoms with E-state index in [9.17, 15) is 0 Å². The summed E-state index contributed by atoms with van der Waals surface area (Å²) in [5.41, 5.74) is 9.90. The summed E-state index contributed by atoms with van der Waals surface area (Å²) in [6, 6.07) is 9.17. The number of hydrogen-bond donors (Lipinski definition) is 1. The van der Waals surface area contributed by atoms with Gasteiger partial charge in [0.05, 0.1) is 0 Å². The molecule has 0 saturated heterocycles. The van der Waals surface area contributed by atoms with E-state index >= 15 is 0 Å². The van der Waals surface area contributed by atoms with Crippen molar-refractivity contribution in [1.82, 2.24) is 9.55 Å². The van der Waals surface area contributed by atoms with E-state index in [1.54, 1.807) is 0 Å². The van der Waals surface area contributed by atoms with Gasteiger partial charge in [-0.3, -0.25) is 0 Å². The van der Waals surface area contributed by atoms with Gasteiger partial charge in [-0.1, -0.05) is 42.7 Å². The van der Waals surface area contributed by atoms with Crippen molar-refractivity contribution in [3.63, 3.8) is 0 Å². The van der Waals surface area contributed by atoms with Gasteiger partial charge in [0, 0.05) is 17.5 Å². The van der Waals surface area contributed by atoms with E-state index in [4.69, 9.17) is 10.7 Å². The van der Waals surface area contributed by atoms with Gasteiger partial charge in [0.1, 0.15) is 17.3 Å². The Morgan fingerprint density at radius 3 is 2.33 bits per heavy atom. The molecule has 2 aliphatic rings. The Morgan fingerprint density at radius 2 is 1.71 bits per heavy atom. The lowest BCUT2D eigenvalue weighted by Gasteiger charge is -2.12. The SMILES string of the molecule is Cc1ccc(-c2nc(C3CCCC3)n(C3CC3)c2N)cc1. The summed E-state index contributed by atoms with van der Waals surface area (Å²) < 4.78 is 2.35. The van der Waals surface area contributed by atoms with E-state index in [0.29, 0.717) is 12.0 Å². The lowest BCUT2D eigenvalue weighted by atomic mass is 10.1. The number of nitrogen functional groups attached to an aromatic ring is 1. The Bertz CT molecular complexity index is 644. The summed E-state index contributed by atoms with van der Waals surface area (Å²) in [5.74, 6) is 2.75. The largest absolute Gasteiger partial charge is 0.383 e. The monoisotopic (exact) mass is 281 g/mol. The van der Waals surface area contributed by atoms with E-state index in [1.807, 2.05) is 0 Å². The molecular formula is C18H23N3. The average molecular weight is 281 g/mol. The summed E-state index contributed by atoms with van der Waals surface area (Å²) in [7, 11) is 0. The third-order valence-corrected chi connectivity index (χ3v) is 4.93. The van der Waals surface area contributed by atoms with E-state index < -0.39 is 0 Å². The van der Waals surface area contributed by atoms with Gasteiger partial charge >= 0.3 is 0 Å². The minimum Gasteiger partial charge on any atom is -0.383 e. The van der Waals surface area contributed by atoms with Crippen molar-refractivity contribution in [2.24, 2.45) is 0 Å². The Kier molecular flexibility index (Phi) is 3.02. The number of aryl methyl sites for hydroxylation is 1. The fraction of sp³-hybridized carbons (Fsp3) is 0.500. The molecule has 0 spiro atoms. The number of imidazole rings is 1. The molecular weight excluding hydrogens is 258 g/mol. The van der Waals surface area contributed by atoms with Crippen molar-refractivity contribution in [1.29, 1.82) is 0 Å². The van der Waals surface area contributed by atoms with E-state index in [1.165, 1.54) is 49.9 Å². The number of nitrogens with two attached hydrogens (primary N) is 1. The van der Waals surface area contributed by atoms with Crippen LogP contribution < -0.4 is 5.73 Å². The highest BCUT2D eigenvalue weighted by Crippen LogP contribution is 2.45. The zero-order valence-corrected chi connectivity index (χ0v) is 12.7. The molecule has 1 heterocycles. The molecule has 1 aromatic carbocycles. The third kappa shape index (κ3) is 2.25. The summed E-state index contributed by atoms with van der Waals surface area (Å²) >= 11 is 0. The first-order chi connectivity index (χ1) is 10.2.